The van der Waals surface area contributed by atoms with E-state index >= 15 is 0 Å². The van der Waals surface area contributed by atoms with Crippen molar-refractivity contribution in [1.29, 1.82) is 0 Å². The zero-order chi connectivity index (χ0) is 23.4. The number of piperidine rings is 1. The molecule has 0 spiro atoms. The van der Waals surface area contributed by atoms with Crippen LogP contribution in [0.25, 0.3) is 0 Å². The molecule has 0 amide bonds. The molecule has 0 unspecified atom stereocenters. The van der Waals surface area contributed by atoms with Crippen LogP contribution in [0.5, 0.6) is 0 Å². The fraction of sp³-hybridized carbons (Fsp3) is 0.538. The molecule has 7 heteroatoms. The van der Waals surface area contributed by atoms with Crippen LogP contribution in [0.1, 0.15) is 71.1 Å². The van der Waals surface area contributed by atoms with Gasteiger partial charge in [0.05, 0.1) is 16.3 Å². The predicted molar refractivity (Wildman–Crippen MR) is 136 cm³/mol. The molecule has 180 valence electrons. The molecule has 1 aliphatic heterocycles. The maximum absolute atomic E-state index is 12.7. The van der Waals surface area contributed by atoms with Gasteiger partial charge in [-0.2, -0.15) is 14.5 Å². The molecule has 0 atom stereocenters. The van der Waals surface area contributed by atoms with Gasteiger partial charge in [0.15, 0.2) is 0 Å². The second kappa shape index (κ2) is 13.5. The summed E-state index contributed by atoms with van der Waals surface area (Å²) in [6.45, 7) is 4.45. The van der Waals surface area contributed by atoms with Crippen molar-refractivity contribution in [2.75, 3.05) is 25.0 Å². The molecule has 0 saturated carbocycles. The van der Waals surface area contributed by atoms with Crippen molar-refractivity contribution in [2.24, 2.45) is 10.2 Å². The standard InChI is InChI=1S/C26H38N4O2S/c1-2-3-4-5-6-7-9-20-27-23-12-14-24(15-13-23)28-29-25-16-18-26(19-17-25)33(31,32)30-21-10-8-11-22-30/h12-19,27H,2-11,20-22H2,1H3. The molecule has 2 aromatic rings. The van der Waals surface area contributed by atoms with Crippen molar-refractivity contribution in [3.05, 3.63) is 48.5 Å². The molecular formula is C26H38N4O2S. The molecule has 1 heterocycles. The number of azo groups is 1. The summed E-state index contributed by atoms with van der Waals surface area (Å²) in [5.74, 6) is 0. The first-order valence-corrected chi connectivity index (χ1v) is 13.9. The summed E-state index contributed by atoms with van der Waals surface area (Å²) in [5, 5.41) is 12.0. The molecule has 0 radical (unpaired) electrons. The summed E-state index contributed by atoms with van der Waals surface area (Å²) in [4.78, 5) is 0.319. The predicted octanol–water partition coefficient (Wildman–Crippen LogP) is 7.44. The average Bonchev–Trinajstić information content (AvgIpc) is 2.86. The lowest BCUT2D eigenvalue weighted by Crippen LogP contribution is -2.35. The first-order valence-electron chi connectivity index (χ1n) is 12.5. The zero-order valence-electron chi connectivity index (χ0n) is 19.9. The number of hydrogen-bond donors (Lipinski definition) is 1. The van der Waals surface area contributed by atoms with Crippen LogP contribution in [0, 0.1) is 0 Å². The molecule has 3 rings (SSSR count). The van der Waals surface area contributed by atoms with Gasteiger partial charge in [-0.1, -0.05) is 51.9 Å². The summed E-state index contributed by atoms with van der Waals surface area (Å²) < 4.78 is 27.1. The molecule has 0 bridgehead atoms. The minimum atomic E-state index is -3.41. The highest BCUT2D eigenvalue weighted by Crippen LogP contribution is 2.24. The lowest BCUT2D eigenvalue weighted by molar-refractivity contribution is 0.346. The van der Waals surface area contributed by atoms with E-state index in [1.807, 2.05) is 24.3 Å². The Balaban J connectivity index is 1.44. The maximum atomic E-state index is 12.7. The van der Waals surface area contributed by atoms with E-state index in [9.17, 15) is 8.42 Å². The smallest absolute Gasteiger partial charge is 0.243 e. The van der Waals surface area contributed by atoms with E-state index in [-0.39, 0.29) is 0 Å². The van der Waals surface area contributed by atoms with Gasteiger partial charge >= 0.3 is 0 Å². The first kappa shape index (κ1) is 25.4. The highest BCUT2D eigenvalue weighted by Gasteiger charge is 2.25. The van der Waals surface area contributed by atoms with Crippen molar-refractivity contribution in [3.8, 4) is 0 Å². The largest absolute Gasteiger partial charge is 0.385 e. The van der Waals surface area contributed by atoms with Gasteiger partial charge in [-0.3, -0.25) is 0 Å². The molecule has 1 saturated heterocycles. The molecule has 2 aromatic carbocycles. The van der Waals surface area contributed by atoms with Gasteiger partial charge in [-0.15, -0.1) is 0 Å². The van der Waals surface area contributed by atoms with Crippen LogP contribution in [0.4, 0.5) is 17.1 Å². The van der Waals surface area contributed by atoms with Crippen molar-refractivity contribution >= 4 is 27.1 Å². The van der Waals surface area contributed by atoms with E-state index < -0.39 is 10.0 Å². The highest BCUT2D eigenvalue weighted by molar-refractivity contribution is 7.89. The Morgan fingerprint density at radius 2 is 1.30 bits per heavy atom. The second-order valence-corrected chi connectivity index (χ2v) is 10.7. The normalized spacial score (nSPS) is 15.2. The third-order valence-electron chi connectivity index (χ3n) is 6.05. The number of rotatable bonds is 13. The SMILES string of the molecule is CCCCCCCCCNc1ccc(N=Nc2ccc(S(=O)(=O)N3CCCCC3)cc2)cc1. The van der Waals surface area contributed by atoms with Gasteiger partial charge in [-0.05, 0) is 67.8 Å². The minimum Gasteiger partial charge on any atom is -0.385 e. The van der Waals surface area contributed by atoms with E-state index in [4.69, 9.17) is 0 Å². The molecular weight excluding hydrogens is 432 g/mol. The number of sulfonamides is 1. The maximum Gasteiger partial charge on any atom is 0.243 e. The minimum absolute atomic E-state index is 0.319. The van der Waals surface area contributed by atoms with E-state index in [1.54, 1.807) is 28.6 Å². The number of anilines is 1. The Bertz CT molecular complexity index is 951. The lowest BCUT2D eigenvalue weighted by Gasteiger charge is -2.25. The molecule has 1 N–H and O–H groups in total. The first-order chi connectivity index (χ1) is 16.1. The molecule has 6 nitrogen and oxygen atoms in total. The molecule has 33 heavy (non-hydrogen) atoms. The fourth-order valence-corrected chi connectivity index (χ4v) is 5.53. The van der Waals surface area contributed by atoms with Crippen molar-refractivity contribution in [1.82, 2.24) is 4.31 Å². The molecule has 0 aliphatic carbocycles. The average molecular weight is 471 g/mol. The van der Waals surface area contributed by atoms with E-state index in [2.05, 4.69) is 22.5 Å². The lowest BCUT2D eigenvalue weighted by atomic mass is 10.1. The van der Waals surface area contributed by atoms with Crippen molar-refractivity contribution in [3.63, 3.8) is 0 Å². The van der Waals surface area contributed by atoms with Crippen molar-refractivity contribution < 1.29 is 8.42 Å². The molecule has 1 aliphatic rings. The van der Waals surface area contributed by atoms with E-state index in [0.717, 1.165) is 37.2 Å². The van der Waals surface area contributed by atoms with Crippen molar-refractivity contribution in [2.45, 2.75) is 76.0 Å². The van der Waals surface area contributed by atoms with Crippen LogP contribution >= 0.6 is 0 Å². The van der Waals surface area contributed by atoms with E-state index in [0.29, 0.717) is 23.7 Å². The van der Waals surface area contributed by atoms with Crippen LogP contribution in [-0.2, 0) is 10.0 Å². The monoisotopic (exact) mass is 470 g/mol. The van der Waals surface area contributed by atoms with Gasteiger partial charge in [0.2, 0.25) is 10.0 Å². The fourth-order valence-electron chi connectivity index (χ4n) is 4.02. The van der Waals surface area contributed by atoms with E-state index in [1.165, 1.54) is 44.9 Å². The summed E-state index contributed by atoms with van der Waals surface area (Å²) in [7, 11) is -3.41. The highest BCUT2D eigenvalue weighted by atomic mass is 32.2. The summed E-state index contributed by atoms with van der Waals surface area (Å²) in [6, 6.07) is 14.6. The summed E-state index contributed by atoms with van der Waals surface area (Å²) in [6.07, 6.45) is 12.1. The summed E-state index contributed by atoms with van der Waals surface area (Å²) in [5.41, 5.74) is 2.49. The van der Waals surface area contributed by atoms with Gasteiger partial charge in [-0.25, -0.2) is 8.42 Å². The third kappa shape index (κ3) is 8.23. The number of nitrogens with zero attached hydrogens (tertiary/aromatic N) is 3. The van der Waals surface area contributed by atoms with Gasteiger partial charge < -0.3 is 5.32 Å². The Hall–Kier alpha value is -2.25. The Morgan fingerprint density at radius 3 is 1.91 bits per heavy atom. The second-order valence-electron chi connectivity index (χ2n) is 8.75. The van der Waals surface area contributed by atoms with Gasteiger partial charge in [0.25, 0.3) is 0 Å². The van der Waals surface area contributed by atoms with Crippen LogP contribution in [0.2, 0.25) is 0 Å². The van der Waals surface area contributed by atoms with Gasteiger partial charge in [0, 0.05) is 25.3 Å². The third-order valence-corrected chi connectivity index (χ3v) is 7.96. The number of hydrogen-bond acceptors (Lipinski definition) is 5. The number of nitrogens with one attached hydrogen (secondary N) is 1. The quantitative estimate of drug-likeness (QED) is 0.244. The Kier molecular flexibility index (Phi) is 10.3. The number of benzene rings is 2. The molecule has 1 fully saturated rings. The Morgan fingerprint density at radius 1 is 0.758 bits per heavy atom. The summed E-state index contributed by atoms with van der Waals surface area (Å²) >= 11 is 0. The topological polar surface area (TPSA) is 74.1 Å². The Labute approximate surface area is 199 Å². The van der Waals surface area contributed by atoms with Crippen LogP contribution in [-0.4, -0.2) is 32.4 Å². The van der Waals surface area contributed by atoms with Crippen LogP contribution < -0.4 is 5.32 Å². The van der Waals surface area contributed by atoms with Crippen LogP contribution in [0.3, 0.4) is 0 Å². The molecule has 0 aromatic heterocycles. The number of unbranched alkanes of at least 4 members (excludes halogenated alkanes) is 6. The van der Waals surface area contributed by atoms with Crippen LogP contribution in [0.15, 0.2) is 63.7 Å². The van der Waals surface area contributed by atoms with Gasteiger partial charge in [0.1, 0.15) is 0 Å². The zero-order valence-corrected chi connectivity index (χ0v) is 20.7.